The minimum absolute atomic E-state index is 0.00906. The van der Waals surface area contributed by atoms with Gasteiger partial charge in [-0.3, -0.25) is 4.79 Å². The Morgan fingerprint density at radius 1 is 1.12 bits per heavy atom. The van der Waals surface area contributed by atoms with E-state index in [1.165, 1.54) is 0 Å². The lowest BCUT2D eigenvalue weighted by Gasteiger charge is -2.09. The fourth-order valence-electron chi connectivity index (χ4n) is 2.20. The van der Waals surface area contributed by atoms with Crippen molar-refractivity contribution in [2.75, 3.05) is 19.8 Å². The molecule has 0 bridgehead atoms. The Labute approximate surface area is 144 Å². The number of hydrogen-bond acceptors (Lipinski definition) is 4. The molecule has 0 radical (unpaired) electrons. The van der Waals surface area contributed by atoms with Crippen molar-refractivity contribution in [2.45, 2.75) is 52.4 Å². The van der Waals surface area contributed by atoms with Gasteiger partial charge in [0, 0.05) is 6.42 Å². The molecule has 1 amide bonds. The van der Waals surface area contributed by atoms with Crippen LogP contribution < -0.4 is 10.1 Å². The number of hydrogen-bond donors (Lipinski definition) is 1. The minimum Gasteiger partial charge on any atom is -0.482 e. The second-order valence-corrected chi connectivity index (χ2v) is 5.67. The van der Waals surface area contributed by atoms with Gasteiger partial charge in [-0.05, 0) is 30.5 Å². The van der Waals surface area contributed by atoms with E-state index in [0.717, 1.165) is 37.7 Å². The molecule has 5 heteroatoms. The predicted molar refractivity (Wildman–Crippen MR) is 94.0 cm³/mol. The van der Waals surface area contributed by atoms with E-state index in [1.807, 2.05) is 24.3 Å². The van der Waals surface area contributed by atoms with Crippen molar-refractivity contribution in [1.82, 2.24) is 5.32 Å². The number of amides is 1. The highest BCUT2D eigenvalue weighted by Crippen LogP contribution is 2.13. The fraction of sp³-hybridized carbons (Fsp3) is 0.579. The van der Waals surface area contributed by atoms with Crippen LogP contribution in [0.3, 0.4) is 0 Å². The summed E-state index contributed by atoms with van der Waals surface area (Å²) in [6.45, 7) is 4.57. The van der Waals surface area contributed by atoms with Crippen molar-refractivity contribution in [1.29, 1.82) is 0 Å². The summed E-state index contributed by atoms with van der Waals surface area (Å²) in [6, 6.07) is 7.63. The summed E-state index contributed by atoms with van der Waals surface area (Å²) < 4.78 is 10.4. The quantitative estimate of drug-likeness (QED) is 0.470. The smallest absolute Gasteiger partial charge is 0.344 e. The molecule has 0 saturated carbocycles. The van der Waals surface area contributed by atoms with Crippen molar-refractivity contribution >= 4 is 11.9 Å². The molecule has 1 N–H and O–H groups in total. The maximum Gasteiger partial charge on any atom is 0.344 e. The van der Waals surface area contributed by atoms with Gasteiger partial charge in [-0.1, -0.05) is 45.2 Å². The molecule has 0 fully saturated rings. The predicted octanol–water partition coefficient (Wildman–Crippen LogP) is 3.26. The van der Waals surface area contributed by atoms with Gasteiger partial charge in [0.25, 0.3) is 0 Å². The maximum absolute atomic E-state index is 11.6. The number of carbonyl (C=O) groups excluding carboxylic acids is 2. The first-order chi connectivity index (χ1) is 11.7. The van der Waals surface area contributed by atoms with Gasteiger partial charge in [0.15, 0.2) is 6.61 Å². The van der Waals surface area contributed by atoms with Gasteiger partial charge in [0.2, 0.25) is 5.91 Å². The molecule has 0 heterocycles. The van der Waals surface area contributed by atoms with Crippen LogP contribution >= 0.6 is 0 Å². The number of rotatable bonds is 12. The number of benzene rings is 1. The zero-order valence-corrected chi connectivity index (χ0v) is 14.8. The third-order valence-electron chi connectivity index (χ3n) is 3.61. The van der Waals surface area contributed by atoms with E-state index in [4.69, 9.17) is 9.47 Å². The minimum atomic E-state index is -0.436. The molecule has 0 unspecified atom stereocenters. The van der Waals surface area contributed by atoms with Crippen LogP contribution in [0.1, 0.15) is 51.5 Å². The Hall–Kier alpha value is -2.04. The Morgan fingerprint density at radius 3 is 2.71 bits per heavy atom. The van der Waals surface area contributed by atoms with Gasteiger partial charge < -0.3 is 14.8 Å². The van der Waals surface area contributed by atoms with E-state index in [9.17, 15) is 9.59 Å². The second kappa shape index (κ2) is 12.4. The van der Waals surface area contributed by atoms with Crippen LogP contribution in [0.5, 0.6) is 5.75 Å². The first kappa shape index (κ1) is 20.0. The van der Waals surface area contributed by atoms with E-state index in [-0.39, 0.29) is 19.1 Å². The van der Waals surface area contributed by atoms with Crippen LogP contribution in [-0.4, -0.2) is 31.6 Å². The SMILES string of the molecule is CCCCCCC(=O)NCCOC(=O)COc1cccc(CC)c1. The molecule has 134 valence electrons. The van der Waals surface area contributed by atoms with Crippen molar-refractivity contribution in [2.24, 2.45) is 0 Å². The fourth-order valence-corrected chi connectivity index (χ4v) is 2.20. The molecule has 5 nitrogen and oxygen atoms in total. The number of carbonyl (C=O) groups is 2. The average Bonchev–Trinajstić information content (AvgIpc) is 2.61. The Bertz CT molecular complexity index is 502. The van der Waals surface area contributed by atoms with Gasteiger partial charge in [0.05, 0.1) is 6.54 Å². The van der Waals surface area contributed by atoms with E-state index < -0.39 is 5.97 Å². The number of ether oxygens (including phenoxy) is 2. The molecule has 0 aliphatic carbocycles. The third kappa shape index (κ3) is 9.18. The first-order valence-electron chi connectivity index (χ1n) is 8.79. The van der Waals surface area contributed by atoms with Crippen LogP contribution in [0.4, 0.5) is 0 Å². The van der Waals surface area contributed by atoms with Crippen LogP contribution in [0.2, 0.25) is 0 Å². The summed E-state index contributed by atoms with van der Waals surface area (Å²) >= 11 is 0. The topological polar surface area (TPSA) is 64.6 Å². The van der Waals surface area contributed by atoms with Gasteiger partial charge in [0.1, 0.15) is 12.4 Å². The summed E-state index contributed by atoms with van der Waals surface area (Å²) in [5.74, 6) is 0.232. The van der Waals surface area contributed by atoms with Gasteiger partial charge in [-0.15, -0.1) is 0 Å². The zero-order valence-electron chi connectivity index (χ0n) is 14.8. The molecule has 1 rings (SSSR count). The van der Waals surface area contributed by atoms with E-state index in [1.54, 1.807) is 0 Å². The summed E-state index contributed by atoms with van der Waals surface area (Å²) in [4.78, 5) is 23.1. The van der Waals surface area contributed by atoms with Crippen molar-refractivity contribution in [3.63, 3.8) is 0 Å². The molecular formula is C19H29NO4. The molecule has 0 aromatic heterocycles. The monoisotopic (exact) mass is 335 g/mol. The molecule has 0 saturated heterocycles. The number of nitrogens with one attached hydrogen (secondary N) is 1. The van der Waals surface area contributed by atoms with Crippen molar-refractivity contribution in [3.05, 3.63) is 29.8 Å². The van der Waals surface area contributed by atoms with Gasteiger partial charge in [-0.25, -0.2) is 4.79 Å². The summed E-state index contributed by atoms with van der Waals surface area (Å²) in [6.07, 6.45) is 5.75. The van der Waals surface area contributed by atoms with Crippen LogP contribution in [-0.2, 0) is 20.7 Å². The van der Waals surface area contributed by atoms with Gasteiger partial charge in [-0.2, -0.15) is 0 Å². The summed E-state index contributed by atoms with van der Waals surface area (Å²) in [7, 11) is 0. The molecule has 0 spiro atoms. The highest BCUT2D eigenvalue weighted by Gasteiger charge is 2.05. The highest BCUT2D eigenvalue weighted by atomic mass is 16.6. The van der Waals surface area contributed by atoms with Crippen molar-refractivity contribution in [3.8, 4) is 5.75 Å². The molecule has 1 aromatic carbocycles. The molecule has 1 aromatic rings. The first-order valence-corrected chi connectivity index (χ1v) is 8.79. The van der Waals surface area contributed by atoms with E-state index in [0.29, 0.717) is 18.7 Å². The summed E-state index contributed by atoms with van der Waals surface area (Å²) in [5.41, 5.74) is 1.16. The van der Waals surface area contributed by atoms with Crippen LogP contribution in [0, 0.1) is 0 Å². The van der Waals surface area contributed by atoms with Crippen LogP contribution in [0.25, 0.3) is 0 Å². The van der Waals surface area contributed by atoms with E-state index >= 15 is 0 Å². The average molecular weight is 335 g/mol. The van der Waals surface area contributed by atoms with Crippen LogP contribution in [0.15, 0.2) is 24.3 Å². The zero-order chi connectivity index (χ0) is 17.6. The Morgan fingerprint density at radius 2 is 1.96 bits per heavy atom. The third-order valence-corrected chi connectivity index (χ3v) is 3.61. The second-order valence-electron chi connectivity index (χ2n) is 5.67. The standard InChI is InChI=1S/C19H29NO4/c1-3-5-6-7-11-18(21)20-12-13-23-19(22)15-24-17-10-8-9-16(4-2)14-17/h8-10,14H,3-7,11-13,15H2,1-2H3,(H,20,21). The maximum atomic E-state index is 11.6. The molecule has 24 heavy (non-hydrogen) atoms. The summed E-state index contributed by atoms with van der Waals surface area (Å²) in [5, 5.41) is 2.75. The lowest BCUT2D eigenvalue weighted by Crippen LogP contribution is -2.28. The lowest BCUT2D eigenvalue weighted by molar-refractivity contribution is -0.146. The Kier molecular flexibility index (Phi) is 10.3. The highest BCUT2D eigenvalue weighted by molar-refractivity contribution is 5.75. The van der Waals surface area contributed by atoms with E-state index in [2.05, 4.69) is 19.2 Å². The Balaban J connectivity index is 2.08. The van der Waals surface area contributed by atoms with Crippen molar-refractivity contribution < 1.29 is 19.1 Å². The molecule has 0 atom stereocenters. The van der Waals surface area contributed by atoms with Gasteiger partial charge >= 0.3 is 5.97 Å². The lowest BCUT2D eigenvalue weighted by atomic mass is 10.1. The molecular weight excluding hydrogens is 306 g/mol. The number of aryl methyl sites for hydroxylation is 1. The molecule has 0 aliphatic heterocycles. The number of unbranched alkanes of at least 4 members (excludes halogenated alkanes) is 3. The normalized spacial score (nSPS) is 10.2. The molecule has 0 aliphatic rings. The largest absolute Gasteiger partial charge is 0.482 e. The number of esters is 1.